The van der Waals surface area contributed by atoms with Gasteiger partial charge in [-0.05, 0) is 36.9 Å². The molecule has 0 saturated carbocycles. The minimum atomic E-state index is -0.422. The average molecular weight is 301 g/mol. The summed E-state index contributed by atoms with van der Waals surface area (Å²) in [6, 6.07) is 5.42. The van der Waals surface area contributed by atoms with Crippen molar-refractivity contribution >= 4 is 17.8 Å². The Bertz CT molecular complexity index is 630. The highest BCUT2D eigenvalue weighted by molar-refractivity contribution is 6.01. The summed E-state index contributed by atoms with van der Waals surface area (Å²) in [5.74, 6) is 0.332. The summed E-state index contributed by atoms with van der Waals surface area (Å²) >= 11 is 0. The van der Waals surface area contributed by atoms with Crippen LogP contribution >= 0.6 is 0 Å². The van der Waals surface area contributed by atoms with E-state index in [2.05, 4.69) is 10.1 Å². The molecule has 1 fully saturated rings. The summed E-state index contributed by atoms with van der Waals surface area (Å²) in [5, 5.41) is 3.29. The number of nitrogens with one attached hydrogen (secondary N) is 1. The number of Topliss-reactive ketones (excluding diaryl/α,β-unsaturated/α-hetero) is 1. The largest absolute Gasteiger partial charge is 0.486 e. The van der Waals surface area contributed by atoms with E-state index in [-0.39, 0.29) is 11.4 Å². The Morgan fingerprint density at radius 3 is 2.86 bits per heavy atom. The highest BCUT2D eigenvalue weighted by Crippen LogP contribution is 2.38. The third kappa shape index (κ3) is 2.90. The molecule has 5 heteroatoms. The molecule has 2 aliphatic rings. The van der Waals surface area contributed by atoms with Gasteiger partial charge in [-0.25, -0.2) is 4.79 Å². The first kappa shape index (κ1) is 14.8. The first-order chi connectivity index (χ1) is 10.6. The highest BCUT2D eigenvalue weighted by Gasteiger charge is 2.41. The molecule has 0 aliphatic carbocycles. The Balaban J connectivity index is 1.85. The van der Waals surface area contributed by atoms with Crippen LogP contribution in [0.25, 0.3) is 6.08 Å². The molecular formula is C17H19NO4. The topological polar surface area (TPSA) is 64.6 Å². The predicted octanol–water partition coefficient (Wildman–Crippen LogP) is 1.96. The molecule has 0 aromatic heterocycles. The number of esters is 1. The van der Waals surface area contributed by atoms with Gasteiger partial charge in [0.25, 0.3) is 0 Å². The Kier molecular flexibility index (Phi) is 3.98. The minimum Gasteiger partial charge on any atom is -0.486 e. The number of carbonyl (C=O) groups is 2. The summed E-state index contributed by atoms with van der Waals surface area (Å²) in [4.78, 5) is 23.6. The molecule has 22 heavy (non-hydrogen) atoms. The average Bonchev–Trinajstić information content (AvgIpc) is 2.53. The molecule has 0 unspecified atom stereocenters. The number of methoxy groups -OCH3 is 1. The zero-order valence-electron chi connectivity index (χ0n) is 12.6. The van der Waals surface area contributed by atoms with Crippen molar-refractivity contribution in [2.24, 2.45) is 0 Å². The first-order valence-corrected chi connectivity index (χ1v) is 7.45. The Hall–Kier alpha value is -2.14. The van der Waals surface area contributed by atoms with Gasteiger partial charge in [0.15, 0.2) is 5.78 Å². The van der Waals surface area contributed by atoms with Crippen molar-refractivity contribution in [3.63, 3.8) is 0 Å². The molecule has 2 heterocycles. The summed E-state index contributed by atoms with van der Waals surface area (Å²) in [6.07, 6.45) is 5.09. The molecular weight excluding hydrogens is 282 g/mol. The Labute approximate surface area is 129 Å². The predicted molar refractivity (Wildman–Crippen MR) is 81.9 cm³/mol. The summed E-state index contributed by atoms with van der Waals surface area (Å²) in [7, 11) is 1.33. The third-order valence-electron chi connectivity index (χ3n) is 4.24. The number of hydrogen-bond donors (Lipinski definition) is 1. The van der Waals surface area contributed by atoms with E-state index in [4.69, 9.17) is 4.74 Å². The highest BCUT2D eigenvalue weighted by atomic mass is 16.5. The summed E-state index contributed by atoms with van der Waals surface area (Å²) < 4.78 is 10.7. The SMILES string of the molecule is COC(=O)C=Cc1ccc2c(c1)C(=O)CC1(CCNCC1)O2. The van der Waals surface area contributed by atoms with Crippen LogP contribution in [0.1, 0.15) is 35.2 Å². The molecule has 1 aromatic rings. The van der Waals surface area contributed by atoms with Crippen LogP contribution in [0.3, 0.4) is 0 Å². The number of ketones is 1. The minimum absolute atomic E-state index is 0.108. The molecule has 0 bridgehead atoms. The molecule has 0 amide bonds. The lowest BCUT2D eigenvalue weighted by Crippen LogP contribution is -2.49. The zero-order valence-corrected chi connectivity index (χ0v) is 12.6. The molecule has 5 nitrogen and oxygen atoms in total. The van der Waals surface area contributed by atoms with Crippen LogP contribution in [0.4, 0.5) is 0 Å². The molecule has 2 aliphatic heterocycles. The van der Waals surface area contributed by atoms with E-state index in [1.807, 2.05) is 12.1 Å². The second kappa shape index (κ2) is 5.93. The number of ether oxygens (including phenoxy) is 2. The summed E-state index contributed by atoms with van der Waals surface area (Å²) in [5.41, 5.74) is 1.03. The van der Waals surface area contributed by atoms with Gasteiger partial charge in [0.05, 0.1) is 19.1 Å². The molecule has 3 rings (SSSR count). The molecule has 1 saturated heterocycles. The number of rotatable bonds is 2. The van der Waals surface area contributed by atoms with Gasteiger partial charge in [-0.1, -0.05) is 6.07 Å². The van der Waals surface area contributed by atoms with Crippen LogP contribution in [-0.4, -0.2) is 37.6 Å². The van der Waals surface area contributed by atoms with E-state index in [9.17, 15) is 9.59 Å². The maximum absolute atomic E-state index is 12.5. The molecule has 116 valence electrons. The fourth-order valence-electron chi connectivity index (χ4n) is 3.01. The van der Waals surface area contributed by atoms with Gasteiger partial charge in [-0.3, -0.25) is 4.79 Å². The van der Waals surface area contributed by atoms with Crippen molar-refractivity contribution in [2.45, 2.75) is 24.9 Å². The van der Waals surface area contributed by atoms with E-state index in [1.165, 1.54) is 13.2 Å². The third-order valence-corrected chi connectivity index (χ3v) is 4.24. The molecule has 1 N–H and O–H groups in total. The smallest absolute Gasteiger partial charge is 0.330 e. The molecule has 0 atom stereocenters. The van der Waals surface area contributed by atoms with E-state index in [1.54, 1.807) is 12.1 Å². The van der Waals surface area contributed by atoms with Crippen LogP contribution in [0.15, 0.2) is 24.3 Å². The summed E-state index contributed by atoms with van der Waals surface area (Å²) in [6.45, 7) is 1.76. The fourth-order valence-corrected chi connectivity index (χ4v) is 3.01. The van der Waals surface area contributed by atoms with Crippen molar-refractivity contribution in [2.75, 3.05) is 20.2 Å². The number of hydrogen-bond acceptors (Lipinski definition) is 5. The van der Waals surface area contributed by atoms with Crippen molar-refractivity contribution < 1.29 is 19.1 Å². The van der Waals surface area contributed by atoms with Crippen LogP contribution in [-0.2, 0) is 9.53 Å². The van der Waals surface area contributed by atoms with E-state index in [0.29, 0.717) is 17.7 Å². The number of carbonyl (C=O) groups excluding carboxylic acids is 2. The van der Waals surface area contributed by atoms with Crippen molar-refractivity contribution in [3.05, 3.63) is 35.4 Å². The van der Waals surface area contributed by atoms with E-state index >= 15 is 0 Å². The Morgan fingerprint density at radius 2 is 2.14 bits per heavy atom. The first-order valence-electron chi connectivity index (χ1n) is 7.45. The number of fused-ring (bicyclic) bond motifs is 1. The fraction of sp³-hybridized carbons (Fsp3) is 0.412. The van der Waals surface area contributed by atoms with Crippen LogP contribution in [0.5, 0.6) is 5.75 Å². The van der Waals surface area contributed by atoms with Crippen molar-refractivity contribution in [1.29, 1.82) is 0 Å². The van der Waals surface area contributed by atoms with Crippen molar-refractivity contribution in [1.82, 2.24) is 5.32 Å². The lowest BCUT2D eigenvalue weighted by atomic mass is 9.83. The lowest BCUT2D eigenvalue weighted by Gasteiger charge is -2.40. The quantitative estimate of drug-likeness (QED) is 0.668. The van der Waals surface area contributed by atoms with Crippen LogP contribution < -0.4 is 10.1 Å². The molecule has 1 spiro atoms. The number of piperidine rings is 1. The zero-order chi connectivity index (χ0) is 15.6. The van der Waals surface area contributed by atoms with Gasteiger partial charge in [0, 0.05) is 18.9 Å². The van der Waals surface area contributed by atoms with Gasteiger partial charge >= 0.3 is 5.97 Å². The van der Waals surface area contributed by atoms with Crippen LogP contribution in [0.2, 0.25) is 0 Å². The van der Waals surface area contributed by atoms with Gasteiger partial charge in [-0.15, -0.1) is 0 Å². The van der Waals surface area contributed by atoms with Gasteiger partial charge in [0.2, 0.25) is 0 Å². The lowest BCUT2D eigenvalue weighted by molar-refractivity contribution is -0.134. The normalized spacial score (nSPS) is 19.8. The maximum atomic E-state index is 12.5. The Morgan fingerprint density at radius 1 is 1.36 bits per heavy atom. The maximum Gasteiger partial charge on any atom is 0.330 e. The molecule has 1 aromatic carbocycles. The second-order valence-corrected chi connectivity index (χ2v) is 5.75. The van der Waals surface area contributed by atoms with E-state index < -0.39 is 5.97 Å². The van der Waals surface area contributed by atoms with Crippen molar-refractivity contribution in [3.8, 4) is 5.75 Å². The van der Waals surface area contributed by atoms with Crippen LogP contribution in [0, 0.1) is 0 Å². The number of benzene rings is 1. The molecule has 0 radical (unpaired) electrons. The standard InChI is InChI=1S/C17H19NO4/c1-21-16(20)5-3-12-2-4-15-13(10-12)14(19)11-17(22-15)6-8-18-9-7-17/h2-5,10,18H,6-9,11H2,1H3. The second-order valence-electron chi connectivity index (χ2n) is 5.75. The van der Waals surface area contributed by atoms with Gasteiger partial charge in [-0.2, -0.15) is 0 Å². The van der Waals surface area contributed by atoms with Gasteiger partial charge < -0.3 is 14.8 Å². The van der Waals surface area contributed by atoms with Gasteiger partial charge in [0.1, 0.15) is 11.4 Å². The monoisotopic (exact) mass is 301 g/mol. The van der Waals surface area contributed by atoms with E-state index in [0.717, 1.165) is 31.5 Å².